The number of aliphatic imine (C=N–C) groups is 1. The van der Waals surface area contributed by atoms with Gasteiger partial charge in [0.25, 0.3) is 5.56 Å². The average Bonchev–Trinajstić information content (AvgIpc) is 3.00. The van der Waals surface area contributed by atoms with E-state index >= 15 is 0 Å². The summed E-state index contributed by atoms with van der Waals surface area (Å²) < 4.78 is 3.21. The van der Waals surface area contributed by atoms with E-state index in [-0.39, 0.29) is 10.8 Å². The van der Waals surface area contributed by atoms with E-state index in [1.165, 1.54) is 4.57 Å². The molecule has 0 saturated carbocycles. The number of fused-ring (bicyclic) bond motifs is 1. The van der Waals surface area contributed by atoms with Crippen molar-refractivity contribution >= 4 is 23.1 Å². The first-order valence-corrected chi connectivity index (χ1v) is 6.83. The molecule has 3 rings (SSSR count). The summed E-state index contributed by atoms with van der Waals surface area (Å²) in [4.78, 5) is 21.0. The van der Waals surface area contributed by atoms with Gasteiger partial charge < -0.3 is 0 Å². The molecule has 0 spiro atoms. The van der Waals surface area contributed by atoms with E-state index in [2.05, 4.69) is 15.1 Å². The van der Waals surface area contributed by atoms with E-state index < -0.39 is 0 Å². The van der Waals surface area contributed by atoms with E-state index in [1.54, 1.807) is 10.9 Å². The highest BCUT2D eigenvalue weighted by Crippen LogP contribution is 2.25. The van der Waals surface area contributed by atoms with E-state index in [0.717, 1.165) is 17.7 Å². The molecule has 0 aliphatic carbocycles. The van der Waals surface area contributed by atoms with Crippen LogP contribution in [0.15, 0.2) is 22.2 Å². The number of nitrogens with zero attached hydrogens (tertiary/aromatic N) is 5. The minimum atomic E-state index is -0.0931. The van der Waals surface area contributed by atoms with Gasteiger partial charge in [-0.25, -0.2) is 4.99 Å². The first-order valence-electron chi connectivity index (χ1n) is 6.46. The molecule has 3 heterocycles. The summed E-state index contributed by atoms with van der Waals surface area (Å²) in [6.45, 7) is 2.56. The molecule has 0 amide bonds. The fourth-order valence-electron chi connectivity index (χ4n) is 2.29. The third kappa shape index (κ3) is 2.06. The third-order valence-corrected chi connectivity index (χ3v) is 3.55. The first-order chi connectivity index (χ1) is 9.60. The molecule has 6 nitrogen and oxygen atoms in total. The topological polar surface area (TPSA) is 65.1 Å². The average molecular weight is 292 g/mol. The summed E-state index contributed by atoms with van der Waals surface area (Å²) in [7, 11) is 1.84. The van der Waals surface area contributed by atoms with Crippen LogP contribution in [0.1, 0.15) is 24.5 Å². The number of hydrogen-bond acceptors (Lipinski definition) is 4. The zero-order valence-corrected chi connectivity index (χ0v) is 12.1. The number of aryl methyl sites for hydroxylation is 1. The summed E-state index contributed by atoms with van der Waals surface area (Å²) in [5, 5.41) is 4.32. The lowest BCUT2D eigenvalue weighted by Crippen LogP contribution is -2.25. The molecule has 0 N–H and O–H groups in total. The summed E-state index contributed by atoms with van der Waals surface area (Å²) in [5.41, 5.74) is 2.23. The van der Waals surface area contributed by atoms with Crippen LogP contribution < -0.4 is 5.56 Å². The van der Waals surface area contributed by atoms with Gasteiger partial charge in [0.1, 0.15) is 0 Å². The Morgan fingerprint density at radius 1 is 1.45 bits per heavy atom. The second-order valence-electron chi connectivity index (χ2n) is 4.78. The second-order valence-corrected chi connectivity index (χ2v) is 5.12. The molecule has 1 aliphatic heterocycles. The van der Waals surface area contributed by atoms with Gasteiger partial charge in [0.2, 0.25) is 5.28 Å². The molecule has 2 aromatic heterocycles. The van der Waals surface area contributed by atoms with Crippen LogP contribution in [0, 0.1) is 0 Å². The molecule has 1 aliphatic rings. The van der Waals surface area contributed by atoms with Crippen LogP contribution in [-0.2, 0) is 20.0 Å². The van der Waals surface area contributed by atoms with Crippen molar-refractivity contribution in [1.82, 2.24) is 19.3 Å². The molecule has 0 unspecified atom stereocenters. The van der Waals surface area contributed by atoms with Gasteiger partial charge in [0.15, 0.2) is 5.82 Å². The monoisotopic (exact) mass is 291 g/mol. The van der Waals surface area contributed by atoms with Crippen molar-refractivity contribution in [2.24, 2.45) is 12.0 Å². The van der Waals surface area contributed by atoms with Crippen molar-refractivity contribution in [1.29, 1.82) is 0 Å². The Labute approximate surface area is 120 Å². The fraction of sp³-hybridized carbons (Fsp3) is 0.385. The number of rotatable bonds is 3. The number of hydrogen-bond donors (Lipinski definition) is 0. The Balaban J connectivity index is 2.04. The highest BCUT2D eigenvalue weighted by molar-refractivity contribution is 6.28. The van der Waals surface area contributed by atoms with Crippen molar-refractivity contribution in [3.8, 4) is 0 Å². The smallest absolute Gasteiger partial charge is 0.260 e. The van der Waals surface area contributed by atoms with Crippen LogP contribution >= 0.6 is 11.6 Å². The third-order valence-electron chi connectivity index (χ3n) is 3.26. The van der Waals surface area contributed by atoms with E-state index in [4.69, 9.17) is 11.6 Å². The van der Waals surface area contributed by atoms with Crippen molar-refractivity contribution in [3.63, 3.8) is 0 Å². The predicted octanol–water partition coefficient (Wildman–Crippen LogP) is 1.72. The van der Waals surface area contributed by atoms with Crippen LogP contribution in [0.25, 0.3) is 0 Å². The Hall–Kier alpha value is -1.95. The Kier molecular flexibility index (Phi) is 3.17. The van der Waals surface area contributed by atoms with Gasteiger partial charge in [-0.3, -0.25) is 14.0 Å². The highest BCUT2D eigenvalue weighted by Gasteiger charge is 2.23. The zero-order chi connectivity index (χ0) is 14.3. The molecule has 0 bridgehead atoms. The van der Waals surface area contributed by atoms with Gasteiger partial charge in [-0.2, -0.15) is 10.1 Å². The Morgan fingerprint density at radius 2 is 2.25 bits per heavy atom. The van der Waals surface area contributed by atoms with Crippen LogP contribution in [0.4, 0.5) is 5.82 Å². The van der Waals surface area contributed by atoms with Gasteiger partial charge in [0.05, 0.1) is 17.5 Å². The number of halogens is 1. The SMILES string of the molecule is CCCn1c(Cl)nc2c(c1=O)CC(c1cnn(C)c1)=N2. The lowest BCUT2D eigenvalue weighted by atomic mass is 10.1. The molecular weight excluding hydrogens is 278 g/mol. The lowest BCUT2D eigenvalue weighted by molar-refractivity contribution is 0.638. The summed E-state index contributed by atoms with van der Waals surface area (Å²) in [6.07, 6.45) is 4.91. The summed E-state index contributed by atoms with van der Waals surface area (Å²) in [6, 6.07) is 0. The molecule has 2 aromatic rings. The normalized spacial score (nSPS) is 13.4. The molecule has 20 heavy (non-hydrogen) atoms. The van der Waals surface area contributed by atoms with Crippen LogP contribution in [0.3, 0.4) is 0 Å². The molecule has 0 aromatic carbocycles. The van der Waals surface area contributed by atoms with Gasteiger partial charge >= 0.3 is 0 Å². The highest BCUT2D eigenvalue weighted by atomic mass is 35.5. The van der Waals surface area contributed by atoms with Crippen molar-refractivity contribution in [3.05, 3.63) is 39.2 Å². The lowest BCUT2D eigenvalue weighted by Gasteiger charge is -2.07. The van der Waals surface area contributed by atoms with Crippen LogP contribution in [0.2, 0.25) is 5.28 Å². The summed E-state index contributed by atoms with van der Waals surface area (Å²) in [5.74, 6) is 0.436. The largest absolute Gasteiger partial charge is 0.283 e. The quantitative estimate of drug-likeness (QED) is 0.809. The standard InChI is InChI=1S/C13H14ClN5O/c1-3-4-19-12(20)9-5-10(8-6-15-18(2)7-8)16-11(9)17-13(19)14/h6-7H,3-5H2,1-2H3. The first kappa shape index (κ1) is 13.1. The minimum absolute atomic E-state index is 0.0931. The number of aromatic nitrogens is 4. The molecule has 0 fully saturated rings. The van der Waals surface area contributed by atoms with E-state index in [0.29, 0.717) is 24.3 Å². The van der Waals surface area contributed by atoms with Crippen molar-refractivity contribution in [2.75, 3.05) is 0 Å². The van der Waals surface area contributed by atoms with Crippen LogP contribution in [0.5, 0.6) is 0 Å². The van der Waals surface area contributed by atoms with Gasteiger partial charge in [0, 0.05) is 31.8 Å². The Morgan fingerprint density at radius 3 is 2.90 bits per heavy atom. The fourth-order valence-corrected chi connectivity index (χ4v) is 2.54. The maximum absolute atomic E-state index is 12.4. The maximum Gasteiger partial charge on any atom is 0.260 e. The minimum Gasteiger partial charge on any atom is -0.283 e. The Bertz CT molecular complexity index is 759. The van der Waals surface area contributed by atoms with Crippen molar-refractivity contribution in [2.45, 2.75) is 26.3 Å². The molecule has 7 heteroatoms. The summed E-state index contributed by atoms with van der Waals surface area (Å²) >= 11 is 6.06. The second kappa shape index (κ2) is 4.86. The molecule has 0 saturated heterocycles. The molecular formula is C13H14ClN5O. The van der Waals surface area contributed by atoms with E-state index in [9.17, 15) is 4.79 Å². The van der Waals surface area contributed by atoms with Gasteiger partial charge in [-0.1, -0.05) is 6.92 Å². The van der Waals surface area contributed by atoms with Gasteiger partial charge in [-0.15, -0.1) is 0 Å². The molecule has 104 valence electrons. The van der Waals surface area contributed by atoms with Gasteiger partial charge in [-0.05, 0) is 18.0 Å². The van der Waals surface area contributed by atoms with E-state index in [1.807, 2.05) is 20.2 Å². The predicted molar refractivity (Wildman–Crippen MR) is 76.9 cm³/mol. The zero-order valence-electron chi connectivity index (χ0n) is 11.3. The van der Waals surface area contributed by atoms with Crippen LogP contribution in [-0.4, -0.2) is 25.0 Å². The molecule has 0 atom stereocenters. The maximum atomic E-state index is 12.4. The van der Waals surface area contributed by atoms with Crippen molar-refractivity contribution < 1.29 is 0 Å². The molecule has 0 radical (unpaired) electrons.